The standard InChI is InChI=1S/C26H20N2O/c1-2-6-20(7-3-1)10-11-21-12-14-22(15-13-21)26(28-17-16-27-19-28)25-18-23-8-4-5-9-24(23)29-25/h1-19,26H. The molecule has 0 aliphatic carbocycles. The zero-order valence-corrected chi connectivity index (χ0v) is 15.8. The summed E-state index contributed by atoms with van der Waals surface area (Å²) in [4.78, 5) is 4.24. The number of rotatable bonds is 5. The van der Waals surface area contributed by atoms with Gasteiger partial charge in [-0.3, -0.25) is 0 Å². The molecule has 0 saturated heterocycles. The third-order valence-corrected chi connectivity index (χ3v) is 5.06. The molecule has 0 aliphatic heterocycles. The first-order chi connectivity index (χ1) is 14.4. The number of fused-ring (bicyclic) bond motifs is 1. The first kappa shape index (κ1) is 17.3. The first-order valence-corrected chi connectivity index (χ1v) is 9.66. The van der Waals surface area contributed by atoms with Crippen LogP contribution in [-0.4, -0.2) is 9.55 Å². The molecule has 2 heterocycles. The van der Waals surface area contributed by atoms with Crippen LogP contribution in [0.2, 0.25) is 0 Å². The van der Waals surface area contributed by atoms with E-state index in [4.69, 9.17) is 4.42 Å². The Bertz CT molecular complexity index is 1200. The van der Waals surface area contributed by atoms with Crippen molar-refractivity contribution >= 4 is 23.1 Å². The number of para-hydroxylation sites is 1. The Morgan fingerprint density at radius 2 is 1.52 bits per heavy atom. The lowest BCUT2D eigenvalue weighted by Gasteiger charge is -2.17. The van der Waals surface area contributed by atoms with Crippen molar-refractivity contribution in [2.24, 2.45) is 0 Å². The number of nitrogens with zero attached hydrogens (tertiary/aromatic N) is 2. The molecule has 0 spiro atoms. The van der Waals surface area contributed by atoms with E-state index in [1.807, 2.05) is 48.9 Å². The molecule has 3 heteroatoms. The van der Waals surface area contributed by atoms with E-state index in [1.54, 1.807) is 6.20 Å². The molecule has 1 unspecified atom stereocenters. The van der Waals surface area contributed by atoms with E-state index in [-0.39, 0.29) is 6.04 Å². The van der Waals surface area contributed by atoms with Gasteiger partial charge in [-0.2, -0.15) is 0 Å². The second-order valence-corrected chi connectivity index (χ2v) is 7.01. The maximum absolute atomic E-state index is 6.18. The van der Waals surface area contributed by atoms with Gasteiger partial charge in [0.1, 0.15) is 17.4 Å². The second-order valence-electron chi connectivity index (χ2n) is 7.01. The predicted octanol–water partition coefficient (Wildman–Crippen LogP) is 6.44. The van der Waals surface area contributed by atoms with Crippen molar-refractivity contribution in [3.8, 4) is 0 Å². The normalized spacial score (nSPS) is 12.6. The van der Waals surface area contributed by atoms with Crippen LogP contribution in [0, 0.1) is 0 Å². The van der Waals surface area contributed by atoms with E-state index in [1.165, 1.54) is 5.56 Å². The number of imidazole rings is 1. The SMILES string of the molecule is C(=Cc1ccc(C(c2cc3ccccc3o2)n2ccnc2)cc1)c1ccccc1. The summed E-state index contributed by atoms with van der Waals surface area (Å²) >= 11 is 0. The lowest BCUT2D eigenvalue weighted by Crippen LogP contribution is -2.09. The number of aromatic nitrogens is 2. The monoisotopic (exact) mass is 376 g/mol. The van der Waals surface area contributed by atoms with Gasteiger partial charge in [0.15, 0.2) is 0 Å². The smallest absolute Gasteiger partial charge is 0.134 e. The van der Waals surface area contributed by atoms with Crippen LogP contribution in [0.15, 0.2) is 108 Å². The molecule has 5 rings (SSSR count). The predicted molar refractivity (Wildman–Crippen MR) is 117 cm³/mol. The maximum Gasteiger partial charge on any atom is 0.134 e. The van der Waals surface area contributed by atoms with Crippen molar-refractivity contribution in [1.29, 1.82) is 0 Å². The third-order valence-electron chi connectivity index (χ3n) is 5.06. The van der Waals surface area contributed by atoms with Crippen molar-refractivity contribution in [3.63, 3.8) is 0 Å². The van der Waals surface area contributed by atoms with Gasteiger partial charge in [-0.25, -0.2) is 4.98 Å². The number of benzene rings is 3. The highest BCUT2D eigenvalue weighted by Crippen LogP contribution is 2.31. The Morgan fingerprint density at radius 1 is 0.793 bits per heavy atom. The average Bonchev–Trinajstić information content (AvgIpc) is 3.44. The molecular formula is C26H20N2O. The van der Waals surface area contributed by atoms with Gasteiger partial charge in [0.25, 0.3) is 0 Å². The molecule has 0 fully saturated rings. The molecule has 3 aromatic carbocycles. The van der Waals surface area contributed by atoms with Crippen molar-refractivity contribution in [1.82, 2.24) is 9.55 Å². The van der Waals surface area contributed by atoms with Crippen LogP contribution in [0.25, 0.3) is 23.1 Å². The minimum atomic E-state index is -0.0583. The van der Waals surface area contributed by atoms with E-state index < -0.39 is 0 Å². The van der Waals surface area contributed by atoms with E-state index in [9.17, 15) is 0 Å². The molecule has 29 heavy (non-hydrogen) atoms. The molecule has 0 saturated carbocycles. The molecule has 0 N–H and O–H groups in total. The van der Waals surface area contributed by atoms with Gasteiger partial charge in [-0.1, -0.05) is 84.9 Å². The van der Waals surface area contributed by atoms with E-state index in [0.29, 0.717) is 0 Å². The number of furan rings is 1. The Morgan fingerprint density at radius 3 is 2.24 bits per heavy atom. The highest BCUT2D eigenvalue weighted by Gasteiger charge is 2.20. The summed E-state index contributed by atoms with van der Waals surface area (Å²) in [5.41, 5.74) is 4.40. The Balaban J connectivity index is 1.49. The zero-order valence-electron chi connectivity index (χ0n) is 15.8. The molecule has 5 aromatic rings. The fourth-order valence-corrected chi connectivity index (χ4v) is 3.59. The Hall–Kier alpha value is -3.85. The van der Waals surface area contributed by atoms with Crippen molar-refractivity contribution in [2.45, 2.75) is 6.04 Å². The topological polar surface area (TPSA) is 31.0 Å². The quantitative estimate of drug-likeness (QED) is 0.331. The fraction of sp³-hybridized carbons (Fsp3) is 0.0385. The fourth-order valence-electron chi connectivity index (χ4n) is 3.59. The van der Waals surface area contributed by atoms with Gasteiger partial charge in [0, 0.05) is 17.8 Å². The molecule has 1 atom stereocenters. The van der Waals surface area contributed by atoms with Gasteiger partial charge >= 0.3 is 0 Å². The molecule has 0 bridgehead atoms. The molecule has 140 valence electrons. The van der Waals surface area contributed by atoms with E-state index in [0.717, 1.165) is 27.9 Å². The summed E-state index contributed by atoms with van der Waals surface area (Å²) in [6, 6.07) is 29.1. The van der Waals surface area contributed by atoms with E-state index in [2.05, 4.69) is 70.2 Å². The highest BCUT2D eigenvalue weighted by atomic mass is 16.3. The van der Waals surface area contributed by atoms with Gasteiger partial charge in [-0.05, 0) is 28.8 Å². The summed E-state index contributed by atoms with van der Waals surface area (Å²) in [5, 5.41) is 1.11. The summed E-state index contributed by atoms with van der Waals surface area (Å²) < 4.78 is 8.26. The molecular weight excluding hydrogens is 356 g/mol. The molecule has 0 radical (unpaired) electrons. The lowest BCUT2D eigenvalue weighted by atomic mass is 10.0. The van der Waals surface area contributed by atoms with Crippen LogP contribution >= 0.6 is 0 Å². The molecule has 0 amide bonds. The van der Waals surface area contributed by atoms with Crippen LogP contribution in [0.3, 0.4) is 0 Å². The van der Waals surface area contributed by atoms with Crippen LogP contribution in [0.4, 0.5) is 0 Å². The van der Waals surface area contributed by atoms with Crippen LogP contribution in [-0.2, 0) is 0 Å². The van der Waals surface area contributed by atoms with Gasteiger partial charge in [0.2, 0.25) is 0 Å². The number of hydrogen-bond donors (Lipinski definition) is 0. The Kier molecular flexibility index (Phi) is 4.55. The van der Waals surface area contributed by atoms with Gasteiger partial charge in [0.05, 0.1) is 6.33 Å². The molecule has 0 aliphatic rings. The van der Waals surface area contributed by atoms with Crippen LogP contribution < -0.4 is 0 Å². The summed E-state index contributed by atoms with van der Waals surface area (Å²) in [5.74, 6) is 0.900. The van der Waals surface area contributed by atoms with Crippen LogP contribution in [0.1, 0.15) is 28.5 Å². The third kappa shape index (κ3) is 3.63. The van der Waals surface area contributed by atoms with Gasteiger partial charge < -0.3 is 8.98 Å². The Labute approximate surface area is 169 Å². The zero-order chi connectivity index (χ0) is 19.5. The van der Waals surface area contributed by atoms with Crippen molar-refractivity contribution in [3.05, 3.63) is 126 Å². The van der Waals surface area contributed by atoms with Gasteiger partial charge in [-0.15, -0.1) is 0 Å². The van der Waals surface area contributed by atoms with E-state index >= 15 is 0 Å². The minimum absolute atomic E-state index is 0.0583. The van der Waals surface area contributed by atoms with Crippen LogP contribution in [0.5, 0.6) is 0 Å². The molecule has 3 nitrogen and oxygen atoms in total. The highest BCUT2D eigenvalue weighted by molar-refractivity contribution is 5.78. The second kappa shape index (κ2) is 7.64. The van der Waals surface area contributed by atoms with Crippen molar-refractivity contribution in [2.75, 3.05) is 0 Å². The largest absolute Gasteiger partial charge is 0.458 e. The summed E-state index contributed by atoms with van der Waals surface area (Å²) in [6.45, 7) is 0. The number of hydrogen-bond acceptors (Lipinski definition) is 2. The average molecular weight is 376 g/mol. The lowest BCUT2D eigenvalue weighted by molar-refractivity contribution is 0.487. The summed E-state index contributed by atoms with van der Waals surface area (Å²) in [7, 11) is 0. The first-order valence-electron chi connectivity index (χ1n) is 9.66. The van der Waals surface area contributed by atoms with Crippen molar-refractivity contribution < 1.29 is 4.42 Å². The molecule has 2 aromatic heterocycles. The summed E-state index contributed by atoms with van der Waals surface area (Å²) in [6.07, 6.45) is 9.86. The maximum atomic E-state index is 6.18. The minimum Gasteiger partial charge on any atom is -0.458 e.